The molecule has 1 fully saturated rings. The van der Waals surface area contributed by atoms with Crippen molar-refractivity contribution in [2.24, 2.45) is 0 Å². The van der Waals surface area contributed by atoms with E-state index < -0.39 is 5.97 Å². The Labute approximate surface area is 86.7 Å². The van der Waals surface area contributed by atoms with Crippen molar-refractivity contribution < 1.29 is 9.90 Å². The lowest BCUT2D eigenvalue weighted by Gasteiger charge is -2.25. The fraction of sp³-hybridized carbons (Fsp3) is 0.600. The van der Waals surface area contributed by atoms with Gasteiger partial charge in [0.1, 0.15) is 0 Å². The zero-order valence-electron chi connectivity index (χ0n) is 8.62. The SMILES string of the molecule is Cc1[nH]n(C2CCC2)c(=O)c1CC(=O)O. The smallest absolute Gasteiger partial charge is 0.308 e. The van der Waals surface area contributed by atoms with Crippen molar-refractivity contribution >= 4 is 5.97 Å². The van der Waals surface area contributed by atoms with E-state index in [2.05, 4.69) is 5.10 Å². The Hall–Kier alpha value is -1.52. The van der Waals surface area contributed by atoms with Gasteiger partial charge in [-0.2, -0.15) is 0 Å². The quantitative estimate of drug-likeness (QED) is 0.776. The Morgan fingerprint density at radius 2 is 2.27 bits per heavy atom. The van der Waals surface area contributed by atoms with Gasteiger partial charge in [0.2, 0.25) is 0 Å². The molecule has 5 heteroatoms. The van der Waals surface area contributed by atoms with Crippen LogP contribution in [-0.4, -0.2) is 20.9 Å². The molecule has 0 saturated heterocycles. The normalized spacial score (nSPS) is 16.3. The molecule has 82 valence electrons. The van der Waals surface area contributed by atoms with Gasteiger partial charge in [0.05, 0.1) is 18.0 Å². The topological polar surface area (TPSA) is 75.1 Å². The molecule has 2 N–H and O–H groups in total. The summed E-state index contributed by atoms with van der Waals surface area (Å²) in [6.45, 7) is 1.74. The maximum Gasteiger partial charge on any atom is 0.308 e. The van der Waals surface area contributed by atoms with Gasteiger partial charge in [0, 0.05) is 5.69 Å². The highest BCUT2D eigenvalue weighted by Gasteiger charge is 2.24. The number of aromatic nitrogens is 2. The monoisotopic (exact) mass is 210 g/mol. The van der Waals surface area contributed by atoms with Crippen LogP contribution in [0.5, 0.6) is 0 Å². The van der Waals surface area contributed by atoms with Crippen molar-refractivity contribution in [3.8, 4) is 0 Å². The van der Waals surface area contributed by atoms with Crippen LogP contribution in [-0.2, 0) is 11.2 Å². The maximum absolute atomic E-state index is 11.8. The van der Waals surface area contributed by atoms with E-state index in [1.54, 1.807) is 11.6 Å². The van der Waals surface area contributed by atoms with E-state index in [0.717, 1.165) is 19.3 Å². The molecule has 0 unspecified atom stereocenters. The largest absolute Gasteiger partial charge is 0.481 e. The van der Waals surface area contributed by atoms with Gasteiger partial charge in [-0.3, -0.25) is 14.7 Å². The highest BCUT2D eigenvalue weighted by molar-refractivity contribution is 5.70. The van der Waals surface area contributed by atoms with E-state index >= 15 is 0 Å². The van der Waals surface area contributed by atoms with E-state index in [0.29, 0.717) is 11.3 Å². The highest BCUT2D eigenvalue weighted by atomic mass is 16.4. The summed E-state index contributed by atoms with van der Waals surface area (Å²) in [6.07, 6.45) is 2.96. The van der Waals surface area contributed by atoms with E-state index in [4.69, 9.17) is 5.11 Å². The zero-order valence-corrected chi connectivity index (χ0v) is 8.62. The van der Waals surface area contributed by atoms with E-state index in [1.165, 1.54) is 0 Å². The Bertz CT molecular complexity index is 440. The number of nitrogens with zero attached hydrogens (tertiary/aromatic N) is 1. The van der Waals surface area contributed by atoms with Crippen molar-refractivity contribution in [1.82, 2.24) is 9.78 Å². The van der Waals surface area contributed by atoms with Crippen molar-refractivity contribution in [3.63, 3.8) is 0 Å². The molecule has 1 heterocycles. The molecule has 1 aromatic heterocycles. The van der Waals surface area contributed by atoms with Gasteiger partial charge in [0.15, 0.2) is 0 Å². The molecule has 0 spiro atoms. The van der Waals surface area contributed by atoms with E-state index in [-0.39, 0.29) is 18.0 Å². The predicted molar refractivity (Wildman–Crippen MR) is 54.0 cm³/mol. The molecule has 1 aliphatic carbocycles. The number of H-pyrrole nitrogens is 1. The second-order valence-corrected chi connectivity index (χ2v) is 4.05. The van der Waals surface area contributed by atoms with Gasteiger partial charge >= 0.3 is 5.97 Å². The van der Waals surface area contributed by atoms with Crippen LogP contribution in [0.4, 0.5) is 0 Å². The van der Waals surface area contributed by atoms with Gasteiger partial charge in [-0.25, -0.2) is 4.68 Å². The third-order valence-corrected chi connectivity index (χ3v) is 2.99. The standard InChI is InChI=1S/C10H14N2O3/c1-6-8(5-9(13)14)10(15)12(11-6)7-3-2-4-7/h7,11H,2-5H2,1H3,(H,13,14). The number of carboxylic acid groups (broad SMARTS) is 1. The first kappa shape index (κ1) is 10.0. The number of hydrogen-bond acceptors (Lipinski definition) is 2. The fourth-order valence-corrected chi connectivity index (χ4v) is 1.87. The number of carboxylic acids is 1. The molecule has 2 rings (SSSR count). The zero-order chi connectivity index (χ0) is 11.0. The van der Waals surface area contributed by atoms with Gasteiger partial charge in [0.25, 0.3) is 5.56 Å². The number of aromatic amines is 1. The molecule has 5 nitrogen and oxygen atoms in total. The first-order chi connectivity index (χ1) is 7.09. The molecule has 0 aliphatic heterocycles. The minimum Gasteiger partial charge on any atom is -0.481 e. The number of aryl methyl sites for hydroxylation is 1. The van der Waals surface area contributed by atoms with Crippen molar-refractivity contribution in [2.75, 3.05) is 0 Å². The molecular formula is C10H14N2O3. The first-order valence-electron chi connectivity index (χ1n) is 5.11. The maximum atomic E-state index is 11.8. The summed E-state index contributed by atoms with van der Waals surface area (Å²) in [5, 5.41) is 11.6. The third kappa shape index (κ3) is 1.69. The summed E-state index contributed by atoms with van der Waals surface area (Å²) in [5.74, 6) is -0.963. The first-order valence-corrected chi connectivity index (χ1v) is 5.11. The molecule has 0 bridgehead atoms. The van der Waals surface area contributed by atoms with E-state index in [9.17, 15) is 9.59 Å². The van der Waals surface area contributed by atoms with Crippen LogP contribution in [0.15, 0.2) is 4.79 Å². The van der Waals surface area contributed by atoms with Crippen LogP contribution < -0.4 is 5.56 Å². The van der Waals surface area contributed by atoms with Crippen LogP contribution >= 0.6 is 0 Å². The van der Waals surface area contributed by atoms with Crippen molar-refractivity contribution in [3.05, 3.63) is 21.6 Å². The van der Waals surface area contributed by atoms with Gasteiger partial charge in [-0.15, -0.1) is 0 Å². The lowest BCUT2D eigenvalue weighted by atomic mass is 9.93. The minimum absolute atomic E-state index is 0.167. The van der Waals surface area contributed by atoms with Gasteiger partial charge < -0.3 is 5.11 Å². The number of aliphatic carboxylic acids is 1. The Kier molecular flexibility index (Phi) is 2.38. The molecular weight excluding hydrogens is 196 g/mol. The molecule has 1 aromatic rings. The minimum atomic E-state index is -0.963. The molecule has 1 saturated carbocycles. The van der Waals surface area contributed by atoms with Crippen LogP contribution in [0.3, 0.4) is 0 Å². The van der Waals surface area contributed by atoms with Crippen LogP contribution in [0, 0.1) is 6.92 Å². The fourth-order valence-electron chi connectivity index (χ4n) is 1.87. The predicted octanol–water partition coefficient (Wildman–Crippen LogP) is 0.837. The second-order valence-electron chi connectivity index (χ2n) is 4.05. The van der Waals surface area contributed by atoms with Crippen LogP contribution in [0.2, 0.25) is 0 Å². The average molecular weight is 210 g/mol. The molecule has 1 aliphatic rings. The van der Waals surface area contributed by atoms with Crippen LogP contribution in [0.25, 0.3) is 0 Å². The van der Waals surface area contributed by atoms with Crippen molar-refractivity contribution in [2.45, 2.75) is 38.6 Å². The number of hydrogen-bond donors (Lipinski definition) is 2. The summed E-state index contributed by atoms with van der Waals surface area (Å²) < 4.78 is 1.58. The molecule has 0 atom stereocenters. The number of rotatable bonds is 3. The average Bonchev–Trinajstić information content (AvgIpc) is 2.30. The Balaban J connectivity index is 2.34. The Morgan fingerprint density at radius 1 is 1.60 bits per heavy atom. The summed E-state index contributed by atoms with van der Waals surface area (Å²) >= 11 is 0. The number of nitrogens with one attached hydrogen (secondary N) is 1. The lowest BCUT2D eigenvalue weighted by Crippen LogP contribution is -2.28. The molecule has 0 amide bonds. The summed E-state index contributed by atoms with van der Waals surface area (Å²) in [4.78, 5) is 22.4. The second kappa shape index (κ2) is 3.56. The summed E-state index contributed by atoms with van der Waals surface area (Å²) in [7, 11) is 0. The van der Waals surface area contributed by atoms with Gasteiger partial charge in [-0.05, 0) is 26.2 Å². The molecule has 0 aromatic carbocycles. The van der Waals surface area contributed by atoms with E-state index in [1.807, 2.05) is 0 Å². The molecule has 0 radical (unpaired) electrons. The molecule has 15 heavy (non-hydrogen) atoms. The van der Waals surface area contributed by atoms with Crippen molar-refractivity contribution in [1.29, 1.82) is 0 Å². The third-order valence-electron chi connectivity index (χ3n) is 2.99. The Morgan fingerprint density at radius 3 is 2.73 bits per heavy atom. The summed E-state index contributed by atoms with van der Waals surface area (Å²) in [5.41, 5.74) is 0.892. The summed E-state index contributed by atoms with van der Waals surface area (Å²) in [6, 6.07) is 0.249. The highest BCUT2D eigenvalue weighted by Crippen LogP contribution is 2.29. The number of carbonyl (C=O) groups is 1. The van der Waals surface area contributed by atoms with Crippen LogP contribution in [0.1, 0.15) is 36.6 Å². The van der Waals surface area contributed by atoms with Gasteiger partial charge in [-0.1, -0.05) is 0 Å². The lowest BCUT2D eigenvalue weighted by molar-refractivity contribution is -0.136.